The third-order valence-corrected chi connectivity index (χ3v) is 7.38. The van der Waals surface area contributed by atoms with Crippen LogP contribution >= 0.6 is 0 Å². The largest absolute Gasteiger partial charge is 0.378 e. The van der Waals surface area contributed by atoms with Gasteiger partial charge in [0.25, 0.3) is 5.91 Å². The maximum atomic E-state index is 13.0. The highest BCUT2D eigenvalue weighted by molar-refractivity contribution is 5.95. The second-order valence-electron chi connectivity index (χ2n) is 9.77. The lowest BCUT2D eigenvalue weighted by Crippen LogP contribution is -2.37. The lowest BCUT2D eigenvalue weighted by atomic mass is 10.0. The summed E-state index contributed by atoms with van der Waals surface area (Å²) in [5, 5.41) is 3.10. The molecule has 0 spiro atoms. The average molecular weight is 500 g/mol. The number of benzene rings is 1. The zero-order valence-electron chi connectivity index (χ0n) is 21.1. The number of morpholine rings is 1. The van der Waals surface area contributed by atoms with Crippen molar-refractivity contribution in [3.05, 3.63) is 59.9 Å². The summed E-state index contributed by atoms with van der Waals surface area (Å²) in [6.45, 7) is 7.47. The van der Waals surface area contributed by atoms with E-state index >= 15 is 0 Å². The molecule has 2 fully saturated rings. The maximum Gasteiger partial charge on any atom is 0.251 e. The van der Waals surface area contributed by atoms with Gasteiger partial charge in [-0.3, -0.25) is 9.78 Å². The van der Waals surface area contributed by atoms with E-state index in [-0.39, 0.29) is 5.91 Å². The fourth-order valence-electron chi connectivity index (χ4n) is 5.40. The van der Waals surface area contributed by atoms with E-state index in [1.807, 2.05) is 36.5 Å². The van der Waals surface area contributed by atoms with Gasteiger partial charge in [0.2, 0.25) is 5.95 Å². The standard InChI is InChI=1S/C28H33N7O2/c36-27(30-10-14-33-11-1-2-12-33)22-6-3-5-21(19-22)25-24-8-13-35(23-7-4-9-29-20-23)26(24)32-28(31-25)34-15-17-37-18-16-34/h3-7,9,19-20H,1-2,8,10-18H2,(H,30,36). The molecule has 3 aromatic rings. The van der Waals surface area contributed by atoms with Gasteiger partial charge in [-0.2, -0.15) is 4.98 Å². The second kappa shape index (κ2) is 10.8. The first-order valence-electron chi connectivity index (χ1n) is 13.3. The Hall–Kier alpha value is -3.56. The molecule has 0 aliphatic carbocycles. The zero-order valence-corrected chi connectivity index (χ0v) is 21.1. The van der Waals surface area contributed by atoms with Crippen LogP contribution in [0.3, 0.4) is 0 Å². The van der Waals surface area contributed by atoms with Gasteiger partial charge in [-0.25, -0.2) is 4.98 Å². The number of ether oxygens (including phenoxy) is 1. The molecule has 1 aromatic carbocycles. The molecule has 0 atom stereocenters. The minimum atomic E-state index is -0.0443. The highest BCUT2D eigenvalue weighted by Crippen LogP contribution is 2.39. The normalized spacial score (nSPS) is 17.7. The van der Waals surface area contributed by atoms with Crippen molar-refractivity contribution < 1.29 is 9.53 Å². The van der Waals surface area contributed by atoms with Crippen molar-refractivity contribution in [3.63, 3.8) is 0 Å². The number of hydrogen-bond donors (Lipinski definition) is 1. The van der Waals surface area contributed by atoms with Crippen LogP contribution in [0.5, 0.6) is 0 Å². The Labute approximate surface area is 217 Å². The van der Waals surface area contributed by atoms with Crippen molar-refractivity contribution >= 4 is 23.4 Å². The van der Waals surface area contributed by atoms with Gasteiger partial charge in [0.05, 0.1) is 30.8 Å². The van der Waals surface area contributed by atoms with E-state index in [1.54, 1.807) is 6.20 Å². The van der Waals surface area contributed by atoms with Crippen LogP contribution in [0.25, 0.3) is 11.3 Å². The summed E-state index contributed by atoms with van der Waals surface area (Å²) in [5.41, 5.74) is 4.61. The second-order valence-corrected chi connectivity index (χ2v) is 9.77. The van der Waals surface area contributed by atoms with Gasteiger partial charge in [0.1, 0.15) is 5.82 Å². The van der Waals surface area contributed by atoms with E-state index in [1.165, 1.54) is 12.8 Å². The zero-order chi connectivity index (χ0) is 25.0. The number of likely N-dealkylation sites (tertiary alicyclic amines) is 1. The number of pyridine rings is 1. The summed E-state index contributed by atoms with van der Waals surface area (Å²) < 4.78 is 5.56. The molecule has 3 aliphatic heterocycles. The maximum absolute atomic E-state index is 13.0. The molecule has 5 heterocycles. The SMILES string of the molecule is O=C(NCCN1CCCC1)c1cccc(-c2nc(N3CCOCC3)nc3c2CCN3c2cccnc2)c1. The van der Waals surface area contributed by atoms with Gasteiger partial charge in [-0.1, -0.05) is 12.1 Å². The summed E-state index contributed by atoms with van der Waals surface area (Å²) in [7, 11) is 0. The lowest BCUT2D eigenvalue weighted by molar-refractivity contribution is 0.0949. The third-order valence-electron chi connectivity index (χ3n) is 7.38. The number of fused-ring (bicyclic) bond motifs is 1. The van der Waals surface area contributed by atoms with Gasteiger partial charge in [-0.05, 0) is 56.6 Å². The predicted octanol–water partition coefficient (Wildman–Crippen LogP) is 2.90. The molecule has 3 aliphatic rings. The smallest absolute Gasteiger partial charge is 0.251 e. The minimum Gasteiger partial charge on any atom is -0.378 e. The Bertz CT molecular complexity index is 1240. The molecule has 1 amide bonds. The van der Waals surface area contributed by atoms with Crippen molar-refractivity contribution in [1.29, 1.82) is 0 Å². The highest BCUT2D eigenvalue weighted by atomic mass is 16.5. The number of rotatable bonds is 7. The number of carbonyl (C=O) groups excluding carboxylic acids is 1. The topological polar surface area (TPSA) is 86.7 Å². The van der Waals surface area contributed by atoms with Crippen LogP contribution < -0.4 is 15.1 Å². The number of nitrogens with one attached hydrogen (secondary N) is 1. The Morgan fingerprint density at radius 2 is 1.86 bits per heavy atom. The van der Waals surface area contributed by atoms with Gasteiger partial charge >= 0.3 is 0 Å². The molecule has 9 nitrogen and oxygen atoms in total. The Balaban J connectivity index is 1.31. The number of hydrogen-bond acceptors (Lipinski definition) is 8. The number of carbonyl (C=O) groups is 1. The van der Waals surface area contributed by atoms with E-state index in [4.69, 9.17) is 14.7 Å². The van der Waals surface area contributed by atoms with Crippen LogP contribution in [-0.2, 0) is 11.2 Å². The van der Waals surface area contributed by atoms with Crippen molar-refractivity contribution in [1.82, 2.24) is 25.2 Å². The molecule has 0 radical (unpaired) electrons. The summed E-state index contributed by atoms with van der Waals surface area (Å²) in [4.78, 5) is 34.2. The Morgan fingerprint density at radius 3 is 2.68 bits per heavy atom. The van der Waals surface area contributed by atoms with E-state index in [9.17, 15) is 4.79 Å². The number of amides is 1. The van der Waals surface area contributed by atoms with Crippen LogP contribution in [0, 0.1) is 0 Å². The van der Waals surface area contributed by atoms with Crippen LogP contribution in [0.1, 0.15) is 28.8 Å². The first-order valence-corrected chi connectivity index (χ1v) is 13.3. The van der Waals surface area contributed by atoms with Crippen molar-refractivity contribution in [2.24, 2.45) is 0 Å². The number of nitrogens with zero attached hydrogens (tertiary/aromatic N) is 6. The quantitative estimate of drug-likeness (QED) is 0.531. The molecule has 192 valence electrons. The van der Waals surface area contributed by atoms with Gasteiger partial charge in [0, 0.05) is 55.6 Å². The Morgan fingerprint density at radius 1 is 1.00 bits per heavy atom. The summed E-state index contributed by atoms with van der Waals surface area (Å²) in [5.74, 6) is 1.57. The van der Waals surface area contributed by atoms with Gasteiger partial charge in [0.15, 0.2) is 0 Å². The molecule has 6 rings (SSSR count). The summed E-state index contributed by atoms with van der Waals surface area (Å²) in [6.07, 6.45) is 6.99. The average Bonchev–Trinajstić information content (AvgIpc) is 3.64. The minimum absolute atomic E-state index is 0.0443. The van der Waals surface area contributed by atoms with Crippen LogP contribution in [-0.4, -0.2) is 84.8 Å². The van der Waals surface area contributed by atoms with Crippen LogP contribution in [0.15, 0.2) is 48.8 Å². The summed E-state index contributed by atoms with van der Waals surface area (Å²) in [6, 6.07) is 11.8. The first-order chi connectivity index (χ1) is 18.3. The molecule has 2 aromatic heterocycles. The first kappa shape index (κ1) is 23.8. The number of aromatic nitrogens is 3. The van der Waals surface area contributed by atoms with E-state index in [2.05, 4.69) is 31.1 Å². The monoisotopic (exact) mass is 499 g/mol. The molecule has 2 saturated heterocycles. The lowest BCUT2D eigenvalue weighted by Gasteiger charge is -2.28. The Kier molecular flexibility index (Phi) is 6.96. The van der Waals surface area contributed by atoms with Crippen LogP contribution in [0.4, 0.5) is 17.5 Å². The molecule has 0 saturated carbocycles. The molecule has 37 heavy (non-hydrogen) atoms. The third kappa shape index (κ3) is 5.14. The molecule has 1 N–H and O–H groups in total. The summed E-state index contributed by atoms with van der Waals surface area (Å²) >= 11 is 0. The molecule has 9 heteroatoms. The van der Waals surface area contributed by atoms with Crippen molar-refractivity contribution in [2.75, 3.05) is 68.8 Å². The molecular weight excluding hydrogens is 466 g/mol. The fraction of sp³-hybridized carbons (Fsp3) is 0.429. The highest BCUT2D eigenvalue weighted by Gasteiger charge is 2.29. The predicted molar refractivity (Wildman–Crippen MR) is 143 cm³/mol. The van der Waals surface area contributed by atoms with Crippen LogP contribution in [0.2, 0.25) is 0 Å². The van der Waals surface area contributed by atoms with Crippen molar-refractivity contribution in [3.8, 4) is 11.3 Å². The molecular formula is C28H33N7O2. The van der Waals surface area contributed by atoms with E-state index in [0.717, 1.165) is 74.0 Å². The molecule has 0 unspecified atom stereocenters. The van der Waals surface area contributed by atoms with Crippen molar-refractivity contribution in [2.45, 2.75) is 19.3 Å². The molecule has 0 bridgehead atoms. The van der Waals surface area contributed by atoms with E-state index < -0.39 is 0 Å². The van der Waals surface area contributed by atoms with E-state index in [0.29, 0.717) is 31.3 Å². The fourth-order valence-corrected chi connectivity index (χ4v) is 5.40. The number of anilines is 3. The van der Waals surface area contributed by atoms with Gasteiger partial charge < -0.3 is 24.8 Å². The van der Waals surface area contributed by atoms with Gasteiger partial charge in [-0.15, -0.1) is 0 Å².